The summed E-state index contributed by atoms with van der Waals surface area (Å²) in [7, 11) is 0. The highest BCUT2D eigenvalue weighted by molar-refractivity contribution is 5.88. The van der Waals surface area contributed by atoms with Crippen LogP contribution in [0.4, 0.5) is 0 Å². The zero-order valence-electron chi connectivity index (χ0n) is 17.0. The molecule has 1 aromatic rings. The Kier molecular flexibility index (Phi) is 6.83. The number of hydrogen-bond donors (Lipinski definition) is 2. The van der Waals surface area contributed by atoms with Gasteiger partial charge in [-0.05, 0) is 31.1 Å². The number of hydrogen-bond acceptors (Lipinski definition) is 4. The van der Waals surface area contributed by atoms with E-state index in [0.717, 1.165) is 25.2 Å². The minimum atomic E-state index is -0.869. The lowest BCUT2D eigenvalue weighted by Gasteiger charge is -2.57. The van der Waals surface area contributed by atoms with Crippen LogP contribution in [0.25, 0.3) is 0 Å². The van der Waals surface area contributed by atoms with Gasteiger partial charge in [-0.1, -0.05) is 52.0 Å². The summed E-state index contributed by atoms with van der Waals surface area (Å²) in [6.45, 7) is 14.5. The molecule has 5 nitrogen and oxygen atoms in total. The fraction of sp³-hybridized carbons (Fsp3) is 0.667. The molecular formula is C21H35N3O2. The average molecular weight is 362 g/mol. The van der Waals surface area contributed by atoms with Crippen LogP contribution >= 0.6 is 0 Å². The van der Waals surface area contributed by atoms with Crippen LogP contribution in [0.1, 0.15) is 52.2 Å². The summed E-state index contributed by atoms with van der Waals surface area (Å²) in [6.07, 6.45) is 0.613. The first kappa shape index (κ1) is 20.9. The minimum Gasteiger partial charge on any atom is -0.378 e. The van der Waals surface area contributed by atoms with Crippen LogP contribution in [-0.4, -0.2) is 42.1 Å². The molecule has 1 aliphatic rings. The van der Waals surface area contributed by atoms with Crippen molar-refractivity contribution in [2.75, 3.05) is 19.7 Å². The molecular weight excluding hydrogens is 326 g/mol. The number of rotatable bonds is 9. The fourth-order valence-electron chi connectivity index (χ4n) is 3.70. The van der Waals surface area contributed by atoms with Crippen LogP contribution in [0.2, 0.25) is 0 Å². The smallest absolute Gasteiger partial charge is 0.241 e. The van der Waals surface area contributed by atoms with E-state index in [1.807, 2.05) is 26.8 Å². The van der Waals surface area contributed by atoms with Gasteiger partial charge in [-0.2, -0.15) is 0 Å². The first-order chi connectivity index (χ1) is 12.3. The molecule has 0 aromatic heterocycles. The summed E-state index contributed by atoms with van der Waals surface area (Å²) >= 11 is 0. The van der Waals surface area contributed by atoms with Crippen LogP contribution in [-0.2, 0) is 22.6 Å². The van der Waals surface area contributed by atoms with E-state index in [2.05, 4.69) is 42.3 Å². The average Bonchev–Trinajstić information content (AvgIpc) is 2.64. The Morgan fingerprint density at radius 1 is 1.27 bits per heavy atom. The first-order valence-electron chi connectivity index (χ1n) is 9.77. The highest BCUT2D eigenvalue weighted by atomic mass is 16.5. The van der Waals surface area contributed by atoms with Crippen molar-refractivity contribution in [1.29, 1.82) is 0 Å². The van der Waals surface area contributed by atoms with Crippen molar-refractivity contribution in [3.05, 3.63) is 35.4 Å². The molecule has 0 spiro atoms. The van der Waals surface area contributed by atoms with Crippen molar-refractivity contribution in [1.82, 2.24) is 10.2 Å². The van der Waals surface area contributed by atoms with Gasteiger partial charge in [0, 0.05) is 31.5 Å². The Labute approximate surface area is 158 Å². The molecule has 26 heavy (non-hydrogen) atoms. The van der Waals surface area contributed by atoms with Crippen molar-refractivity contribution >= 4 is 5.91 Å². The highest BCUT2D eigenvalue weighted by Crippen LogP contribution is 2.49. The maximum Gasteiger partial charge on any atom is 0.241 e. The maximum absolute atomic E-state index is 12.7. The number of nitrogens with two attached hydrogens (primary N) is 1. The number of carbonyl (C=O) groups excluding carboxylic acids is 1. The number of nitrogens with zero attached hydrogens (tertiary/aromatic N) is 1. The van der Waals surface area contributed by atoms with E-state index < -0.39 is 5.54 Å². The van der Waals surface area contributed by atoms with Gasteiger partial charge >= 0.3 is 0 Å². The van der Waals surface area contributed by atoms with E-state index in [-0.39, 0.29) is 17.4 Å². The van der Waals surface area contributed by atoms with E-state index in [1.165, 1.54) is 5.56 Å². The largest absolute Gasteiger partial charge is 0.378 e. The second kappa shape index (κ2) is 8.51. The summed E-state index contributed by atoms with van der Waals surface area (Å²) in [5, 5.41) is 3.04. The Hall–Kier alpha value is -1.43. The Morgan fingerprint density at radius 2 is 1.92 bits per heavy atom. The molecule has 0 heterocycles. The van der Waals surface area contributed by atoms with Gasteiger partial charge in [0.1, 0.15) is 5.54 Å². The molecule has 0 aliphatic heterocycles. The first-order valence-corrected chi connectivity index (χ1v) is 9.77. The van der Waals surface area contributed by atoms with Crippen molar-refractivity contribution in [3.8, 4) is 0 Å². The van der Waals surface area contributed by atoms with Gasteiger partial charge in [0.15, 0.2) is 0 Å². The van der Waals surface area contributed by atoms with Crippen LogP contribution in [0, 0.1) is 5.41 Å². The van der Waals surface area contributed by atoms with Crippen molar-refractivity contribution < 1.29 is 9.53 Å². The van der Waals surface area contributed by atoms with Crippen LogP contribution in [0.3, 0.4) is 0 Å². The van der Waals surface area contributed by atoms with Gasteiger partial charge in [0.05, 0.1) is 6.10 Å². The summed E-state index contributed by atoms with van der Waals surface area (Å²) in [5.74, 6) is -0.0902. The van der Waals surface area contributed by atoms with Crippen LogP contribution in [0.5, 0.6) is 0 Å². The number of benzene rings is 1. The minimum absolute atomic E-state index is 0.0423. The lowest BCUT2D eigenvalue weighted by molar-refractivity contribution is -0.170. The summed E-state index contributed by atoms with van der Waals surface area (Å²) in [5.41, 5.74) is 7.58. The van der Waals surface area contributed by atoms with E-state index in [0.29, 0.717) is 19.6 Å². The molecule has 146 valence electrons. The van der Waals surface area contributed by atoms with Gasteiger partial charge in [0.25, 0.3) is 0 Å². The normalized spacial score (nSPS) is 24.3. The van der Waals surface area contributed by atoms with Crippen molar-refractivity contribution in [3.63, 3.8) is 0 Å². The third-order valence-corrected chi connectivity index (χ3v) is 5.98. The molecule has 2 atom stereocenters. The predicted molar refractivity (Wildman–Crippen MR) is 106 cm³/mol. The lowest BCUT2D eigenvalue weighted by atomic mass is 9.54. The molecule has 1 fully saturated rings. The van der Waals surface area contributed by atoms with E-state index in [1.54, 1.807) is 0 Å². The van der Waals surface area contributed by atoms with Gasteiger partial charge < -0.3 is 15.8 Å². The molecule has 1 saturated carbocycles. The third kappa shape index (κ3) is 4.11. The number of nitrogens with one attached hydrogen (secondary N) is 1. The molecule has 0 saturated heterocycles. The SMILES string of the molecule is CCOC1CC(N)(C(=O)NCc2cccc(CN(CC)CC)c2)C1(C)C. The van der Waals surface area contributed by atoms with Crippen molar-refractivity contribution in [2.24, 2.45) is 11.1 Å². The Balaban J connectivity index is 1.96. The zero-order valence-corrected chi connectivity index (χ0v) is 17.0. The lowest BCUT2D eigenvalue weighted by Crippen LogP contribution is -2.75. The highest BCUT2D eigenvalue weighted by Gasteiger charge is 2.62. The summed E-state index contributed by atoms with van der Waals surface area (Å²) in [6, 6.07) is 8.40. The molecule has 0 radical (unpaired) electrons. The van der Waals surface area contributed by atoms with Crippen molar-refractivity contribution in [2.45, 2.75) is 65.8 Å². The topological polar surface area (TPSA) is 67.6 Å². The molecule has 1 amide bonds. The van der Waals surface area contributed by atoms with Crippen LogP contribution in [0.15, 0.2) is 24.3 Å². The van der Waals surface area contributed by atoms with Gasteiger partial charge in [-0.15, -0.1) is 0 Å². The second-order valence-electron chi connectivity index (χ2n) is 7.81. The quantitative estimate of drug-likeness (QED) is 0.710. The third-order valence-electron chi connectivity index (χ3n) is 5.98. The molecule has 0 bridgehead atoms. The van der Waals surface area contributed by atoms with Gasteiger partial charge in [0.2, 0.25) is 5.91 Å². The van der Waals surface area contributed by atoms with E-state index >= 15 is 0 Å². The summed E-state index contributed by atoms with van der Waals surface area (Å²) in [4.78, 5) is 15.1. The second-order valence-corrected chi connectivity index (χ2v) is 7.81. The Bertz CT molecular complexity index is 613. The Morgan fingerprint density at radius 3 is 2.50 bits per heavy atom. The zero-order chi connectivity index (χ0) is 19.4. The van der Waals surface area contributed by atoms with E-state index in [9.17, 15) is 4.79 Å². The number of amides is 1. The van der Waals surface area contributed by atoms with Gasteiger partial charge in [-0.25, -0.2) is 0 Å². The fourth-order valence-corrected chi connectivity index (χ4v) is 3.70. The molecule has 5 heteroatoms. The van der Waals surface area contributed by atoms with Gasteiger partial charge in [-0.3, -0.25) is 9.69 Å². The molecule has 2 unspecified atom stereocenters. The van der Waals surface area contributed by atoms with E-state index in [4.69, 9.17) is 10.5 Å². The standard InChI is InChI=1S/C21H35N3O2/c1-6-24(7-2)15-17-11-9-10-16(12-17)14-23-19(25)21(22)13-18(26-8-3)20(21,4)5/h9-12,18H,6-8,13-15,22H2,1-5H3,(H,23,25). The predicted octanol–water partition coefficient (Wildman–Crippen LogP) is 2.68. The molecule has 1 aliphatic carbocycles. The molecule has 2 rings (SSSR count). The molecule has 1 aromatic carbocycles. The number of ether oxygens (including phenoxy) is 1. The maximum atomic E-state index is 12.7. The molecule has 3 N–H and O–H groups in total. The number of carbonyl (C=O) groups is 1. The van der Waals surface area contributed by atoms with Crippen LogP contribution < -0.4 is 11.1 Å². The monoisotopic (exact) mass is 361 g/mol. The summed E-state index contributed by atoms with van der Waals surface area (Å²) < 4.78 is 5.71.